The summed E-state index contributed by atoms with van der Waals surface area (Å²) in [7, 11) is 1.66. The predicted molar refractivity (Wildman–Crippen MR) is 84.2 cm³/mol. The highest BCUT2D eigenvalue weighted by Crippen LogP contribution is 2.12. The van der Waals surface area contributed by atoms with Gasteiger partial charge in [0.2, 0.25) is 5.91 Å². The van der Waals surface area contributed by atoms with Crippen LogP contribution in [0.25, 0.3) is 0 Å². The van der Waals surface area contributed by atoms with Crippen LogP contribution in [0.5, 0.6) is 0 Å². The normalized spacial score (nSPS) is 20.4. The van der Waals surface area contributed by atoms with Crippen molar-refractivity contribution < 1.29 is 19.4 Å². The van der Waals surface area contributed by atoms with Crippen LogP contribution in [0.1, 0.15) is 6.92 Å². The zero-order chi connectivity index (χ0) is 17.2. The maximum Gasteiger partial charge on any atom is 0.290 e. The molecule has 8 nitrogen and oxygen atoms in total. The molecule has 1 aliphatic rings. The molecule has 128 valence electrons. The maximum atomic E-state index is 12.0. The minimum atomic E-state index is -0.250. The Morgan fingerprint density at radius 1 is 1.48 bits per heavy atom. The van der Waals surface area contributed by atoms with E-state index in [1.54, 1.807) is 25.4 Å². The van der Waals surface area contributed by atoms with Crippen molar-refractivity contribution in [1.29, 1.82) is 0 Å². The summed E-state index contributed by atoms with van der Waals surface area (Å²) in [5.41, 5.74) is -0.174. The van der Waals surface area contributed by atoms with Crippen LogP contribution in [0.3, 0.4) is 0 Å². The number of nitrogens with one attached hydrogen (secondary N) is 1. The summed E-state index contributed by atoms with van der Waals surface area (Å²) in [6.07, 6.45) is 1.62. The Hall–Kier alpha value is -2.19. The number of carbonyl (C=O) groups is 2. The highest BCUT2D eigenvalue weighted by Gasteiger charge is 2.32. The third-order valence-corrected chi connectivity index (χ3v) is 3.65. The first-order valence-electron chi connectivity index (χ1n) is 7.33. The van der Waals surface area contributed by atoms with Crippen molar-refractivity contribution in [3.8, 4) is 0 Å². The van der Waals surface area contributed by atoms with E-state index in [0.717, 1.165) is 19.6 Å². The number of likely N-dealkylation sites (N-methyl/N-ethyl adjacent to an activating group) is 1. The lowest BCUT2D eigenvalue weighted by Gasteiger charge is -2.18. The van der Waals surface area contributed by atoms with Crippen LogP contribution in [0.4, 0.5) is 0 Å². The number of amides is 1. The molecule has 1 aliphatic heterocycles. The number of methoxy groups -OCH3 is 1. The molecular weight excluding hydrogens is 302 g/mol. The molecule has 1 saturated heterocycles. The molecule has 0 radical (unpaired) electrons. The topological polar surface area (TPSA) is 101 Å². The fraction of sp³-hybridized carbons (Fsp3) is 0.533. The first kappa shape index (κ1) is 18.9. The summed E-state index contributed by atoms with van der Waals surface area (Å²) in [6.45, 7) is 4.41. The fourth-order valence-electron chi connectivity index (χ4n) is 2.49. The number of likely N-dealkylation sites (tertiary alicyclic amines) is 1. The van der Waals surface area contributed by atoms with E-state index >= 15 is 0 Å². The number of carboxylic acid groups (broad SMARTS) is 1. The van der Waals surface area contributed by atoms with Gasteiger partial charge in [0.05, 0.1) is 12.1 Å². The third kappa shape index (κ3) is 5.84. The molecule has 2 heterocycles. The molecule has 1 aromatic heterocycles. The van der Waals surface area contributed by atoms with E-state index in [2.05, 4.69) is 17.1 Å². The molecule has 0 aromatic carbocycles. The van der Waals surface area contributed by atoms with Crippen LogP contribution < -0.4 is 10.9 Å². The average Bonchev–Trinajstić information content (AvgIpc) is 2.92. The van der Waals surface area contributed by atoms with Crippen LogP contribution in [-0.2, 0) is 20.9 Å². The smallest absolute Gasteiger partial charge is 0.290 e. The van der Waals surface area contributed by atoms with Gasteiger partial charge in [-0.3, -0.25) is 19.3 Å². The highest BCUT2D eigenvalue weighted by atomic mass is 16.5. The maximum absolute atomic E-state index is 12.0. The highest BCUT2D eigenvalue weighted by molar-refractivity contribution is 5.76. The van der Waals surface area contributed by atoms with Crippen molar-refractivity contribution in [2.24, 2.45) is 0 Å². The molecule has 1 amide bonds. The van der Waals surface area contributed by atoms with E-state index in [0.29, 0.717) is 0 Å². The van der Waals surface area contributed by atoms with Gasteiger partial charge in [0.1, 0.15) is 6.54 Å². The zero-order valence-electron chi connectivity index (χ0n) is 13.3. The van der Waals surface area contributed by atoms with Gasteiger partial charge in [0.15, 0.2) is 0 Å². The van der Waals surface area contributed by atoms with Gasteiger partial charge in [0.25, 0.3) is 12.0 Å². The molecule has 0 aliphatic carbocycles. The van der Waals surface area contributed by atoms with E-state index in [-0.39, 0.29) is 36.6 Å². The Morgan fingerprint density at radius 3 is 2.74 bits per heavy atom. The van der Waals surface area contributed by atoms with Gasteiger partial charge in [-0.2, -0.15) is 0 Å². The molecule has 8 heteroatoms. The SMILES string of the molecule is CCN1C[C@H](NC(=O)Cn2ccccc2=O)[C@@H](OC)C1.O=CO. The summed E-state index contributed by atoms with van der Waals surface area (Å²) in [5.74, 6) is -0.164. The lowest BCUT2D eigenvalue weighted by molar-refractivity contribution is -0.123. The van der Waals surface area contributed by atoms with Crippen LogP contribution in [0.15, 0.2) is 29.2 Å². The minimum absolute atomic E-state index is 0.00592. The van der Waals surface area contributed by atoms with Gasteiger partial charge >= 0.3 is 0 Å². The molecule has 1 fully saturated rings. The van der Waals surface area contributed by atoms with Gasteiger partial charge in [0, 0.05) is 32.5 Å². The Kier molecular flexibility index (Phi) is 8.00. The number of rotatable bonds is 5. The van der Waals surface area contributed by atoms with Crippen molar-refractivity contribution in [2.75, 3.05) is 26.7 Å². The van der Waals surface area contributed by atoms with Crippen molar-refractivity contribution in [2.45, 2.75) is 25.6 Å². The molecular formula is C15H23N3O5. The Balaban J connectivity index is 0.000000816. The van der Waals surface area contributed by atoms with Crippen LogP contribution in [0, 0.1) is 0 Å². The average molecular weight is 325 g/mol. The summed E-state index contributed by atoms with van der Waals surface area (Å²) < 4.78 is 6.80. The largest absolute Gasteiger partial charge is 0.483 e. The zero-order valence-corrected chi connectivity index (χ0v) is 13.3. The Bertz CT molecular complexity index is 560. The standard InChI is InChI=1S/C14H21N3O3.CH2O2/c1-3-16-8-11(12(9-16)20-2)15-13(18)10-17-7-5-4-6-14(17)19;2-1-3/h4-7,11-12H,3,8-10H2,1-2H3,(H,15,18);1H,(H,2,3)/t11-,12-;/m0./s1. The molecule has 2 atom stereocenters. The minimum Gasteiger partial charge on any atom is -0.483 e. The van der Waals surface area contributed by atoms with E-state index in [9.17, 15) is 9.59 Å². The van der Waals surface area contributed by atoms with E-state index in [1.807, 2.05) is 0 Å². The van der Waals surface area contributed by atoms with E-state index in [1.165, 1.54) is 10.6 Å². The summed E-state index contributed by atoms with van der Waals surface area (Å²) in [5, 5.41) is 9.84. The van der Waals surface area contributed by atoms with Crippen LogP contribution in [0.2, 0.25) is 0 Å². The molecule has 1 aromatic rings. The van der Waals surface area contributed by atoms with Crippen molar-refractivity contribution >= 4 is 12.4 Å². The summed E-state index contributed by atoms with van der Waals surface area (Å²) in [4.78, 5) is 34.2. The third-order valence-electron chi connectivity index (χ3n) is 3.65. The molecule has 0 spiro atoms. The molecule has 0 unspecified atom stereocenters. The predicted octanol–water partition coefficient (Wildman–Crippen LogP) is -0.616. The Morgan fingerprint density at radius 2 is 2.17 bits per heavy atom. The second kappa shape index (κ2) is 9.75. The van der Waals surface area contributed by atoms with Crippen LogP contribution >= 0.6 is 0 Å². The molecule has 2 N–H and O–H groups in total. The quantitative estimate of drug-likeness (QED) is 0.700. The van der Waals surface area contributed by atoms with Crippen molar-refractivity contribution in [3.05, 3.63) is 34.7 Å². The number of ether oxygens (including phenoxy) is 1. The lowest BCUT2D eigenvalue weighted by atomic mass is 10.2. The van der Waals surface area contributed by atoms with Crippen LogP contribution in [-0.4, -0.2) is 65.8 Å². The second-order valence-electron chi connectivity index (χ2n) is 5.07. The Labute approximate surface area is 134 Å². The van der Waals surface area contributed by atoms with Gasteiger partial charge < -0.3 is 19.7 Å². The van der Waals surface area contributed by atoms with Gasteiger partial charge in [-0.05, 0) is 12.6 Å². The first-order chi connectivity index (χ1) is 11.0. The number of pyridine rings is 1. The monoisotopic (exact) mass is 325 g/mol. The number of carbonyl (C=O) groups excluding carboxylic acids is 1. The number of nitrogens with zero attached hydrogens (tertiary/aromatic N) is 2. The molecule has 0 saturated carbocycles. The molecule has 0 bridgehead atoms. The fourth-order valence-corrected chi connectivity index (χ4v) is 2.49. The van der Waals surface area contributed by atoms with Gasteiger partial charge in [-0.15, -0.1) is 0 Å². The van der Waals surface area contributed by atoms with Crippen molar-refractivity contribution in [3.63, 3.8) is 0 Å². The van der Waals surface area contributed by atoms with Crippen molar-refractivity contribution in [1.82, 2.24) is 14.8 Å². The summed E-state index contributed by atoms with van der Waals surface area (Å²) >= 11 is 0. The lowest BCUT2D eigenvalue weighted by Crippen LogP contribution is -2.45. The van der Waals surface area contributed by atoms with E-state index < -0.39 is 0 Å². The van der Waals surface area contributed by atoms with E-state index in [4.69, 9.17) is 14.6 Å². The van der Waals surface area contributed by atoms with Gasteiger partial charge in [-0.25, -0.2) is 0 Å². The molecule has 2 rings (SSSR count). The molecule has 23 heavy (non-hydrogen) atoms. The second-order valence-corrected chi connectivity index (χ2v) is 5.07. The summed E-state index contributed by atoms with van der Waals surface area (Å²) in [6, 6.07) is 4.82. The number of hydrogen-bond acceptors (Lipinski definition) is 5. The van der Waals surface area contributed by atoms with Gasteiger partial charge in [-0.1, -0.05) is 13.0 Å². The first-order valence-corrected chi connectivity index (χ1v) is 7.33. The number of hydrogen-bond donors (Lipinski definition) is 2. The number of aromatic nitrogens is 1.